The van der Waals surface area contributed by atoms with Gasteiger partial charge in [-0.1, -0.05) is 43.1 Å². The maximum atomic E-state index is 11.2. The number of halogens is 1. The summed E-state index contributed by atoms with van der Waals surface area (Å²) in [4.78, 5) is 11.2. The van der Waals surface area contributed by atoms with E-state index in [4.69, 9.17) is 11.6 Å². The average Bonchev–Trinajstić information content (AvgIpc) is 2.58. The van der Waals surface area contributed by atoms with E-state index in [1.807, 2.05) is 22.8 Å². The number of carbonyl (C=O) groups is 1. The van der Waals surface area contributed by atoms with Gasteiger partial charge in [-0.05, 0) is 12.5 Å². The third kappa shape index (κ3) is 2.03. The van der Waals surface area contributed by atoms with Crippen LogP contribution < -0.4 is 0 Å². The number of carboxylic acid groups (broad SMARTS) is 1. The fourth-order valence-electron chi connectivity index (χ4n) is 2.01. The molecule has 4 heteroatoms. The van der Waals surface area contributed by atoms with Crippen LogP contribution >= 0.6 is 11.6 Å². The number of aromatic nitrogens is 1. The number of hydrogen-bond donors (Lipinski definition) is 1. The molecule has 1 aromatic heterocycles. The molecule has 0 bridgehead atoms. The monoisotopic (exact) mass is 251 g/mol. The molecule has 0 saturated heterocycles. The summed E-state index contributed by atoms with van der Waals surface area (Å²) in [5.41, 5.74) is 1.10. The molecule has 1 heterocycles. The van der Waals surface area contributed by atoms with Gasteiger partial charge in [-0.25, -0.2) is 4.79 Å². The Bertz CT molecular complexity index is 560. The fourth-order valence-corrected chi connectivity index (χ4v) is 2.37. The minimum Gasteiger partial charge on any atom is -0.478 e. The van der Waals surface area contributed by atoms with Crippen molar-refractivity contribution in [1.82, 2.24) is 4.57 Å². The lowest BCUT2D eigenvalue weighted by Crippen LogP contribution is -2.00. The number of fused-ring (bicyclic) bond motifs is 1. The first kappa shape index (κ1) is 12.0. The molecule has 0 aliphatic carbocycles. The Balaban J connectivity index is 2.66. The van der Waals surface area contributed by atoms with Crippen molar-refractivity contribution in [2.75, 3.05) is 0 Å². The number of aromatic carboxylic acids is 1. The van der Waals surface area contributed by atoms with E-state index in [1.54, 1.807) is 6.07 Å². The van der Waals surface area contributed by atoms with Crippen molar-refractivity contribution in [3.8, 4) is 0 Å². The number of benzene rings is 1. The Morgan fingerprint density at radius 2 is 2.12 bits per heavy atom. The zero-order chi connectivity index (χ0) is 12.4. The highest BCUT2D eigenvalue weighted by atomic mass is 35.5. The summed E-state index contributed by atoms with van der Waals surface area (Å²) in [6, 6.07) is 7.43. The van der Waals surface area contributed by atoms with Crippen LogP contribution in [-0.4, -0.2) is 15.6 Å². The van der Waals surface area contributed by atoms with Gasteiger partial charge in [0.05, 0.1) is 5.52 Å². The summed E-state index contributed by atoms with van der Waals surface area (Å²) in [5.74, 6) is -0.971. The Labute approximate surface area is 105 Å². The first-order valence-electron chi connectivity index (χ1n) is 5.66. The van der Waals surface area contributed by atoms with Crippen molar-refractivity contribution in [3.63, 3.8) is 0 Å². The van der Waals surface area contributed by atoms with Crippen LogP contribution in [0, 0.1) is 0 Å². The van der Waals surface area contributed by atoms with E-state index in [0.29, 0.717) is 10.5 Å². The van der Waals surface area contributed by atoms with Gasteiger partial charge in [-0.3, -0.25) is 0 Å². The van der Waals surface area contributed by atoms with Crippen molar-refractivity contribution in [3.05, 3.63) is 35.0 Å². The van der Waals surface area contributed by atoms with Crippen LogP contribution in [0.1, 0.15) is 30.1 Å². The predicted octanol–water partition coefficient (Wildman–Crippen LogP) is 3.79. The van der Waals surface area contributed by atoms with Gasteiger partial charge in [-0.2, -0.15) is 0 Å². The van der Waals surface area contributed by atoms with Crippen molar-refractivity contribution in [2.45, 2.75) is 26.3 Å². The van der Waals surface area contributed by atoms with Crippen LogP contribution in [0.25, 0.3) is 10.9 Å². The minimum atomic E-state index is -0.971. The van der Waals surface area contributed by atoms with Gasteiger partial charge in [0.2, 0.25) is 0 Å². The number of unbranched alkanes of at least 4 members (excludes halogenated alkanes) is 1. The molecule has 1 aromatic carbocycles. The van der Waals surface area contributed by atoms with Crippen LogP contribution in [0.3, 0.4) is 0 Å². The van der Waals surface area contributed by atoms with Crippen LogP contribution in [0.4, 0.5) is 0 Å². The topological polar surface area (TPSA) is 42.2 Å². The molecule has 0 saturated carbocycles. The third-order valence-electron chi connectivity index (χ3n) is 2.86. The normalized spacial score (nSPS) is 10.9. The molecular weight excluding hydrogens is 238 g/mol. The zero-order valence-corrected chi connectivity index (χ0v) is 10.4. The van der Waals surface area contributed by atoms with Crippen LogP contribution in [0.5, 0.6) is 0 Å². The molecule has 2 rings (SSSR count). The summed E-state index contributed by atoms with van der Waals surface area (Å²) in [7, 11) is 0. The molecule has 0 unspecified atom stereocenters. The van der Waals surface area contributed by atoms with Gasteiger partial charge in [-0.15, -0.1) is 0 Å². The Morgan fingerprint density at radius 1 is 1.41 bits per heavy atom. The SMILES string of the molecule is CCCCn1c(Cl)c(C(=O)O)c2ccccc21. The van der Waals surface area contributed by atoms with E-state index in [-0.39, 0.29) is 5.56 Å². The number of carboxylic acids is 1. The van der Waals surface area contributed by atoms with Crippen LogP contribution in [-0.2, 0) is 6.54 Å². The van der Waals surface area contributed by atoms with Crippen molar-refractivity contribution in [2.24, 2.45) is 0 Å². The average molecular weight is 252 g/mol. The highest BCUT2D eigenvalue weighted by molar-refractivity contribution is 6.35. The molecule has 90 valence electrons. The van der Waals surface area contributed by atoms with Gasteiger partial charge >= 0.3 is 5.97 Å². The molecule has 0 atom stereocenters. The highest BCUT2D eigenvalue weighted by Gasteiger charge is 2.19. The standard InChI is InChI=1S/C13H14ClNO2/c1-2-3-8-15-10-7-5-4-6-9(10)11(12(15)14)13(16)17/h4-7H,2-3,8H2,1H3,(H,16,17). The Morgan fingerprint density at radius 3 is 2.76 bits per heavy atom. The minimum absolute atomic E-state index is 0.207. The number of rotatable bonds is 4. The molecule has 0 amide bonds. The molecule has 1 N–H and O–H groups in total. The van der Waals surface area contributed by atoms with Crippen molar-refractivity contribution in [1.29, 1.82) is 0 Å². The molecule has 0 aliphatic rings. The van der Waals surface area contributed by atoms with Gasteiger partial charge in [0.25, 0.3) is 0 Å². The molecule has 0 aliphatic heterocycles. The van der Waals surface area contributed by atoms with E-state index >= 15 is 0 Å². The van der Waals surface area contributed by atoms with Crippen molar-refractivity contribution < 1.29 is 9.90 Å². The summed E-state index contributed by atoms with van der Waals surface area (Å²) in [5, 5.41) is 10.2. The molecule has 0 fully saturated rings. The predicted molar refractivity (Wildman–Crippen MR) is 68.8 cm³/mol. The van der Waals surface area contributed by atoms with Gasteiger partial charge in [0, 0.05) is 11.9 Å². The molecule has 17 heavy (non-hydrogen) atoms. The fraction of sp³-hybridized carbons (Fsp3) is 0.308. The first-order chi connectivity index (χ1) is 8.16. The van der Waals surface area contributed by atoms with E-state index in [9.17, 15) is 9.90 Å². The molecule has 2 aromatic rings. The van der Waals surface area contributed by atoms with Gasteiger partial charge < -0.3 is 9.67 Å². The number of nitrogens with zero attached hydrogens (tertiary/aromatic N) is 1. The van der Waals surface area contributed by atoms with Crippen molar-refractivity contribution >= 4 is 28.5 Å². The second kappa shape index (κ2) is 4.80. The maximum Gasteiger partial charge on any atom is 0.339 e. The Kier molecular flexibility index (Phi) is 3.38. The number of para-hydroxylation sites is 1. The van der Waals surface area contributed by atoms with E-state index in [0.717, 1.165) is 24.9 Å². The zero-order valence-electron chi connectivity index (χ0n) is 9.61. The van der Waals surface area contributed by atoms with Crippen LogP contribution in [0.15, 0.2) is 24.3 Å². The molecule has 0 radical (unpaired) electrons. The lowest BCUT2D eigenvalue weighted by atomic mass is 10.2. The summed E-state index contributed by atoms with van der Waals surface area (Å²) in [6.45, 7) is 2.85. The highest BCUT2D eigenvalue weighted by Crippen LogP contribution is 2.30. The van der Waals surface area contributed by atoms with E-state index in [2.05, 4.69) is 6.92 Å². The largest absolute Gasteiger partial charge is 0.478 e. The van der Waals surface area contributed by atoms with Crippen LogP contribution in [0.2, 0.25) is 5.15 Å². The molecule has 0 spiro atoms. The smallest absolute Gasteiger partial charge is 0.339 e. The Hall–Kier alpha value is -1.48. The first-order valence-corrected chi connectivity index (χ1v) is 6.04. The number of aryl methyl sites for hydroxylation is 1. The quantitative estimate of drug-likeness (QED) is 0.898. The summed E-state index contributed by atoms with van der Waals surface area (Å²) < 4.78 is 1.88. The van der Waals surface area contributed by atoms with E-state index in [1.165, 1.54) is 0 Å². The lowest BCUT2D eigenvalue weighted by molar-refractivity contribution is 0.0699. The molecular formula is C13H14ClNO2. The summed E-state index contributed by atoms with van der Waals surface area (Å²) >= 11 is 6.17. The summed E-state index contributed by atoms with van der Waals surface area (Å²) in [6.07, 6.45) is 2.03. The maximum absolute atomic E-state index is 11.2. The number of hydrogen-bond acceptors (Lipinski definition) is 1. The lowest BCUT2D eigenvalue weighted by Gasteiger charge is -2.05. The molecule has 3 nitrogen and oxygen atoms in total. The second-order valence-corrected chi connectivity index (χ2v) is 4.35. The van der Waals surface area contributed by atoms with Gasteiger partial charge in [0.1, 0.15) is 10.7 Å². The second-order valence-electron chi connectivity index (χ2n) is 3.99. The third-order valence-corrected chi connectivity index (χ3v) is 3.25. The van der Waals surface area contributed by atoms with Gasteiger partial charge in [0.15, 0.2) is 0 Å². The van der Waals surface area contributed by atoms with E-state index < -0.39 is 5.97 Å².